The van der Waals surface area contributed by atoms with Crippen LogP contribution in [0.5, 0.6) is 0 Å². The summed E-state index contributed by atoms with van der Waals surface area (Å²) in [6.45, 7) is 4.75. The predicted molar refractivity (Wildman–Crippen MR) is 62.9 cm³/mol. The fourth-order valence-electron chi connectivity index (χ4n) is 2.33. The highest BCUT2D eigenvalue weighted by Crippen LogP contribution is 2.19. The van der Waals surface area contributed by atoms with Gasteiger partial charge in [-0.1, -0.05) is 6.92 Å². The van der Waals surface area contributed by atoms with Crippen molar-refractivity contribution in [1.82, 2.24) is 4.90 Å². The quantitative estimate of drug-likeness (QED) is 0.683. The summed E-state index contributed by atoms with van der Waals surface area (Å²) in [6, 6.07) is 0. The third kappa shape index (κ3) is 2.77. The number of likely N-dealkylation sites (tertiary alicyclic amines) is 1. The Morgan fingerprint density at radius 3 is 3.00 bits per heavy atom. The van der Waals surface area contributed by atoms with E-state index < -0.39 is 0 Å². The molecular formula is C13H21NO2. The number of rotatable bonds is 1. The molecule has 1 fully saturated rings. The van der Waals surface area contributed by atoms with E-state index in [4.69, 9.17) is 4.74 Å². The van der Waals surface area contributed by atoms with Crippen LogP contribution in [0.2, 0.25) is 0 Å². The molecule has 0 aromatic heterocycles. The van der Waals surface area contributed by atoms with Crippen molar-refractivity contribution in [3.05, 3.63) is 11.8 Å². The largest absolute Gasteiger partial charge is 0.488 e. The second kappa shape index (κ2) is 5.37. The average Bonchev–Trinajstić information content (AvgIpc) is 2.54. The third-order valence-electron chi connectivity index (χ3n) is 3.45. The van der Waals surface area contributed by atoms with Crippen LogP contribution in [-0.2, 0) is 9.53 Å². The van der Waals surface area contributed by atoms with E-state index in [1.807, 2.05) is 11.0 Å². The van der Waals surface area contributed by atoms with Crippen LogP contribution in [0.3, 0.4) is 0 Å². The van der Waals surface area contributed by atoms with Gasteiger partial charge in [-0.25, -0.2) is 0 Å². The number of allylic oxidation sites excluding steroid dienone is 1. The molecule has 0 aliphatic carbocycles. The van der Waals surface area contributed by atoms with Crippen LogP contribution in [0.1, 0.15) is 39.0 Å². The minimum absolute atomic E-state index is 0.105. The fourth-order valence-corrected chi connectivity index (χ4v) is 2.33. The Morgan fingerprint density at radius 2 is 2.25 bits per heavy atom. The molecule has 90 valence electrons. The van der Waals surface area contributed by atoms with Crippen molar-refractivity contribution in [1.29, 1.82) is 0 Å². The van der Waals surface area contributed by atoms with Crippen LogP contribution in [0, 0.1) is 5.92 Å². The van der Waals surface area contributed by atoms with Gasteiger partial charge in [-0.3, -0.25) is 4.79 Å². The zero-order chi connectivity index (χ0) is 11.4. The van der Waals surface area contributed by atoms with Crippen molar-refractivity contribution in [2.45, 2.75) is 39.0 Å². The first kappa shape index (κ1) is 11.5. The number of carbonyl (C=O) groups is 1. The standard InChI is InChI=1S/C13H21NO2/c1-11-5-4-8-14(9-7-11)13(15)12-6-2-3-10-16-12/h6,11H,2-5,7-10H2,1H3. The average molecular weight is 223 g/mol. The Bertz CT molecular complexity index is 286. The lowest BCUT2D eigenvalue weighted by Crippen LogP contribution is -2.34. The Kier molecular flexibility index (Phi) is 3.86. The first-order chi connectivity index (χ1) is 7.77. The van der Waals surface area contributed by atoms with Crippen LogP contribution in [-0.4, -0.2) is 30.5 Å². The lowest BCUT2D eigenvalue weighted by molar-refractivity contribution is -0.131. The summed E-state index contributed by atoms with van der Waals surface area (Å²) >= 11 is 0. The SMILES string of the molecule is CC1CCCN(C(=O)C2=CCCCO2)CC1. The molecule has 3 nitrogen and oxygen atoms in total. The zero-order valence-corrected chi connectivity index (χ0v) is 10.1. The van der Waals surface area contributed by atoms with Gasteiger partial charge in [0.1, 0.15) is 0 Å². The van der Waals surface area contributed by atoms with Gasteiger partial charge in [0.2, 0.25) is 0 Å². The van der Waals surface area contributed by atoms with Crippen molar-refractivity contribution in [2.75, 3.05) is 19.7 Å². The van der Waals surface area contributed by atoms with Crippen LogP contribution < -0.4 is 0 Å². The molecule has 3 heteroatoms. The molecule has 1 saturated heterocycles. The van der Waals surface area contributed by atoms with Crippen molar-refractivity contribution in [3.63, 3.8) is 0 Å². The number of carbonyl (C=O) groups excluding carboxylic acids is 1. The summed E-state index contributed by atoms with van der Waals surface area (Å²) in [5, 5.41) is 0. The molecule has 0 aromatic carbocycles. The van der Waals surface area contributed by atoms with Gasteiger partial charge in [-0.15, -0.1) is 0 Å². The predicted octanol–water partition coefficient (Wildman–Crippen LogP) is 2.33. The van der Waals surface area contributed by atoms with E-state index in [0.717, 1.165) is 44.7 Å². The molecule has 1 amide bonds. The third-order valence-corrected chi connectivity index (χ3v) is 3.45. The van der Waals surface area contributed by atoms with Gasteiger partial charge in [0.05, 0.1) is 6.61 Å². The van der Waals surface area contributed by atoms with Gasteiger partial charge in [0, 0.05) is 13.1 Å². The van der Waals surface area contributed by atoms with Crippen LogP contribution in [0.25, 0.3) is 0 Å². The molecule has 2 heterocycles. The molecule has 0 radical (unpaired) electrons. The summed E-state index contributed by atoms with van der Waals surface area (Å²) in [5.41, 5.74) is 0. The van der Waals surface area contributed by atoms with E-state index in [0.29, 0.717) is 12.4 Å². The first-order valence-electron chi connectivity index (χ1n) is 6.39. The van der Waals surface area contributed by atoms with Crippen molar-refractivity contribution < 1.29 is 9.53 Å². The van der Waals surface area contributed by atoms with E-state index in [2.05, 4.69) is 6.92 Å². The maximum Gasteiger partial charge on any atom is 0.288 e. The first-order valence-corrected chi connectivity index (χ1v) is 6.39. The molecule has 0 saturated carbocycles. The van der Waals surface area contributed by atoms with Crippen LogP contribution in [0.4, 0.5) is 0 Å². The topological polar surface area (TPSA) is 29.5 Å². The molecule has 2 aliphatic heterocycles. The number of ether oxygens (including phenoxy) is 1. The molecular weight excluding hydrogens is 202 g/mol. The molecule has 0 spiro atoms. The Labute approximate surface area is 97.5 Å². The number of amides is 1. The van der Waals surface area contributed by atoms with Gasteiger partial charge >= 0.3 is 0 Å². The van der Waals surface area contributed by atoms with Gasteiger partial charge < -0.3 is 9.64 Å². The van der Waals surface area contributed by atoms with Gasteiger partial charge in [0.25, 0.3) is 5.91 Å². The molecule has 0 aromatic rings. The molecule has 0 N–H and O–H groups in total. The Hall–Kier alpha value is -0.990. The van der Waals surface area contributed by atoms with Crippen molar-refractivity contribution in [3.8, 4) is 0 Å². The van der Waals surface area contributed by atoms with Crippen LogP contribution >= 0.6 is 0 Å². The van der Waals surface area contributed by atoms with Crippen molar-refractivity contribution >= 4 is 5.91 Å². The maximum atomic E-state index is 12.1. The van der Waals surface area contributed by atoms with Gasteiger partial charge in [-0.05, 0) is 44.1 Å². The lowest BCUT2D eigenvalue weighted by atomic mass is 10.0. The van der Waals surface area contributed by atoms with E-state index in [-0.39, 0.29) is 5.91 Å². The monoisotopic (exact) mass is 223 g/mol. The smallest absolute Gasteiger partial charge is 0.288 e. The number of hydrogen-bond donors (Lipinski definition) is 0. The number of hydrogen-bond acceptors (Lipinski definition) is 2. The van der Waals surface area contributed by atoms with E-state index in [9.17, 15) is 4.79 Å². The Balaban J connectivity index is 1.95. The normalized spacial score (nSPS) is 26.7. The summed E-state index contributed by atoms with van der Waals surface area (Å²) in [5.74, 6) is 1.44. The van der Waals surface area contributed by atoms with Gasteiger partial charge in [-0.2, -0.15) is 0 Å². The lowest BCUT2D eigenvalue weighted by Gasteiger charge is -2.23. The summed E-state index contributed by atoms with van der Waals surface area (Å²) in [7, 11) is 0. The Morgan fingerprint density at radius 1 is 1.38 bits per heavy atom. The van der Waals surface area contributed by atoms with E-state index >= 15 is 0 Å². The molecule has 1 unspecified atom stereocenters. The zero-order valence-electron chi connectivity index (χ0n) is 10.1. The summed E-state index contributed by atoms with van der Waals surface area (Å²) < 4.78 is 5.43. The van der Waals surface area contributed by atoms with E-state index in [1.54, 1.807) is 0 Å². The molecule has 16 heavy (non-hydrogen) atoms. The summed E-state index contributed by atoms with van der Waals surface area (Å²) in [4.78, 5) is 14.1. The highest BCUT2D eigenvalue weighted by molar-refractivity contribution is 5.91. The maximum absolute atomic E-state index is 12.1. The van der Waals surface area contributed by atoms with Crippen molar-refractivity contribution in [2.24, 2.45) is 5.92 Å². The summed E-state index contributed by atoms with van der Waals surface area (Å²) in [6.07, 6.45) is 7.45. The highest BCUT2D eigenvalue weighted by Gasteiger charge is 2.23. The highest BCUT2D eigenvalue weighted by atomic mass is 16.5. The molecule has 2 rings (SSSR count). The number of nitrogens with zero attached hydrogens (tertiary/aromatic N) is 1. The second-order valence-electron chi connectivity index (χ2n) is 4.89. The molecule has 2 aliphatic rings. The van der Waals surface area contributed by atoms with E-state index in [1.165, 1.54) is 6.42 Å². The fraction of sp³-hybridized carbons (Fsp3) is 0.769. The molecule has 0 bridgehead atoms. The van der Waals surface area contributed by atoms with Gasteiger partial charge in [0.15, 0.2) is 5.76 Å². The second-order valence-corrected chi connectivity index (χ2v) is 4.89. The van der Waals surface area contributed by atoms with Crippen LogP contribution in [0.15, 0.2) is 11.8 Å². The molecule has 1 atom stereocenters. The minimum atomic E-state index is 0.105. The minimum Gasteiger partial charge on any atom is -0.488 e.